The first-order valence-electron chi connectivity index (χ1n) is 8.57. The van der Waals surface area contributed by atoms with Crippen molar-refractivity contribution < 1.29 is 12.8 Å². The maximum atomic E-state index is 11.4. The molecule has 0 radical (unpaired) electrons. The predicted molar refractivity (Wildman–Crippen MR) is 105 cm³/mol. The standard InChI is InChI=1S/C18H20N4O3S2/c19-27(23,24)16-5-3-15(4-6-16)22-9-7-21(8-10-22)12-14-13-26-18(20-14)17-2-1-11-25-17/h1-6,11,13H,7-10,12H2,(H2,19,23,24). The van der Waals surface area contributed by atoms with Crippen LogP contribution in [0.4, 0.5) is 5.69 Å². The Labute approximate surface area is 162 Å². The number of thiazole rings is 1. The van der Waals surface area contributed by atoms with Gasteiger partial charge in [0.2, 0.25) is 10.0 Å². The van der Waals surface area contributed by atoms with E-state index in [0.29, 0.717) is 0 Å². The van der Waals surface area contributed by atoms with Gasteiger partial charge in [0, 0.05) is 43.8 Å². The number of hydrogen-bond donors (Lipinski definition) is 1. The molecule has 1 aliphatic rings. The molecular weight excluding hydrogens is 384 g/mol. The molecule has 142 valence electrons. The third-order valence-corrected chi connectivity index (χ3v) is 6.41. The van der Waals surface area contributed by atoms with Crippen molar-refractivity contribution in [2.45, 2.75) is 11.4 Å². The number of primary sulfonamides is 1. The smallest absolute Gasteiger partial charge is 0.238 e. The zero-order valence-corrected chi connectivity index (χ0v) is 16.2. The second-order valence-electron chi connectivity index (χ2n) is 6.42. The minimum Gasteiger partial charge on any atom is -0.462 e. The SMILES string of the molecule is NS(=O)(=O)c1ccc(N2CCN(Cc3csc(-c4ccco4)n3)CC2)cc1. The maximum absolute atomic E-state index is 11.4. The van der Waals surface area contributed by atoms with E-state index in [0.717, 1.165) is 54.9 Å². The van der Waals surface area contributed by atoms with Crippen LogP contribution in [-0.4, -0.2) is 44.5 Å². The fourth-order valence-electron chi connectivity index (χ4n) is 3.13. The van der Waals surface area contributed by atoms with E-state index in [1.54, 1.807) is 29.7 Å². The number of rotatable bonds is 5. The second-order valence-corrected chi connectivity index (χ2v) is 8.84. The molecule has 1 aliphatic heterocycles. The van der Waals surface area contributed by atoms with E-state index in [-0.39, 0.29) is 4.90 Å². The van der Waals surface area contributed by atoms with Crippen LogP contribution in [0.25, 0.3) is 10.8 Å². The number of benzene rings is 1. The normalized spacial score (nSPS) is 16.0. The van der Waals surface area contributed by atoms with Gasteiger partial charge in [-0.25, -0.2) is 18.5 Å². The lowest BCUT2D eigenvalue weighted by Gasteiger charge is -2.35. The number of furan rings is 1. The molecule has 0 atom stereocenters. The van der Waals surface area contributed by atoms with Crippen molar-refractivity contribution in [3.63, 3.8) is 0 Å². The summed E-state index contributed by atoms with van der Waals surface area (Å²) < 4.78 is 28.1. The Hall–Kier alpha value is -2.20. The monoisotopic (exact) mass is 404 g/mol. The summed E-state index contributed by atoms with van der Waals surface area (Å²) in [5.74, 6) is 0.805. The minimum absolute atomic E-state index is 0.140. The van der Waals surface area contributed by atoms with Gasteiger partial charge >= 0.3 is 0 Å². The molecular formula is C18H20N4O3S2. The predicted octanol–water partition coefficient (Wildman–Crippen LogP) is 2.37. The van der Waals surface area contributed by atoms with E-state index in [1.165, 1.54) is 0 Å². The van der Waals surface area contributed by atoms with Crippen LogP contribution in [-0.2, 0) is 16.6 Å². The van der Waals surface area contributed by atoms with Crippen molar-refractivity contribution in [3.05, 3.63) is 53.7 Å². The Morgan fingerprint density at radius 3 is 2.48 bits per heavy atom. The summed E-state index contributed by atoms with van der Waals surface area (Å²) in [6.07, 6.45) is 1.66. The highest BCUT2D eigenvalue weighted by Gasteiger charge is 2.19. The molecule has 0 bridgehead atoms. The lowest BCUT2D eigenvalue weighted by atomic mass is 10.2. The highest BCUT2D eigenvalue weighted by atomic mass is 32.2. The quantitative estimate of drug-likeness (QED) is 0.702. The van der Waals surface area contributed by atoms with Crippen LogP contribution in [0.2, 0.25) is 0 Å². The molecule has 0 amide bonds. The van der Waals surface area contributed by atoms with E-state index in [9.17, 15) is 8.42 Å². The van der Waals surface area contributed by atoms with Crippen LogP contribution in [0, 0.1) is 0 Å². The third-order valence-electron chi connectivity index (χ3n) is 4.57. The molecule has 3 heterocycles. The molecule has 4 rings (SSSR count). The van der Waals surface area contributed by atoms with Crippen LogP contribution in [0.3, 0.4) is 0 Å². The van der Waals surface area contributed by atoms with Gasteiger partial charge in [-0.3, -0.25) is 4.90 Å². The number of anilines is 1. The van der Waals surface area contributed by atoms with Crippen molar-refractivity contribution in [2.75, 3.05) is 31.1 Å². The largest absolute Gasteiger partial charge is 0.462 e. The Morgan fingerprint density at radius 1 is 1.11 bits per heavy atom. The molecule has 0 saturated carbocycles. The maximum Gasteiger partial charge on any atom is 0.238 e. The van der Waals surface area contributed by atoms with Crippen LogP contribution < -0.4 is 10.0 Å². The Morgan fingerprint density at radius 2 is 1.85 bits per heavy atom. The van der Waals surface area contributed by atoms with E-state index in [2.05, 4.69) is 20.2 Å². The van der Waals surface area contributed by atoms with Gasteiger partial charge in [0.15, 0.2) is 10.8 Å². The first kappa shape index (κ1) is 18.2. The fraction of sp³-hybridized carbons (Fsp3) is 0.278. The zero-order chi connectivity index (χ0) is 18.9. The van der Waals surface area contributed by atoms with Crippen molar-refractivity contribution in [1.29, 1.82) is 0 Å². The molecule has 1 saturated heterocycles. The van der Waals surface area contributed by atoms with Gasteiger partial charge in [-0.05, 0) is 36.4 Å². The van der Waals surface area contributed by atoms with Crippen LogP contribution in [0.5, 0.6) is 0 Å². The van der Waals surface area contributed by atoms with Gasteiger partial charge < -0.3 is 9.32 Å². The van der Waals surface area contributed by atoms with Gasteiger partial charge in [0.25, 0.3) is 0 Å². The highest BCUT2D eigenvalue weighted by molar-refractivity contribution is 7.89. The molecule has 7 nitrogen and oxygen atoms in total. The summed E-state index contributed by atoms with van der Waals surface area (Å²) in [6.45, 7) is 4.41. The number of piperazine rings is 1. The molecule has 2 N–H and O–H groups in total. The first-order chi connectivity index (χ1) is 13.0. The van der Waals surface area contributed by atoms with Gasteiger partial charge in [-0.15, -0.1) is 11.3 Å². The van der Waals surface area contributed by atoms with Crippen LogP contribution >= 0.6 is 11.3 Å². The molecule has 3 aromatic rings. The molecule has 0 spiro atoms. The highest BCUT2D eigenvalue weighted by Crippen LogP contribution is 2.25. The fourth-order valence-corrected chi connectivity index (χ4v) is 4.43. The summed E-state index contributed by atoms with van der Waals surface area (Å²) >= 11 is 1.60. The van der Waals surface area contributed by atoms with Crippen LogP contribution in [0.1, 0.15) is 5.69 Å². The minimum atomic E-state index is -3.65. The summed E-state index contributed by atoms with van der Waals surface area (Å²) in [7, 11) is -3.65. The molecule has 1 fully saturated rings. The number of hydrogen-bond acceptors (Lipinski definition) is 7. The summed E-state index contributed by atoms with van der Waals surface area (Å²) in [5, 5.41) is 8.14. The van der Waals surface area contributed by atoms with Crippen molar-refractivity contribution in [1.82, 2.24) is 9.88 Å². The Kier molecular flexibility index (Phi) is 5.00. The summed E-state index contributed by atoms with van der Waals surface area (Å²) in [4.78, 5) is 9.42. The Bertz CT molecular complexity index is 990. The molecule has 2 aromatic heterocycles. The lowest BCUT2D eigenvalue weighted by molar-refractivity contribution is 0.247. The molecule has 27 heavy (non-hydrogen) atoms. The second kappa shape index (κ2) is 7.43. The van der Waals surface area contributed by atoms with E-state index in [1.807, 2.05) is 24.3 Å². The summed E-state index contributed by atoms with van der Waals surface area (Å²) in [5.41, 5.74) is 2.06. The van der Waals surface area contributed by atoms with Gasteiger partial charge in [0.05, 0.1) is 16.9 Å². The van der Waals surface area contributed by atoms with E-state index in [4.69, 9.17) is 9.56 Å². The van der Waals surface area contributed by atoms with Gasteiger partial charge in [-0.2, -0.15) is 0 Å². The van der Waals surface area contributed by atoms with Crippen molar-refractivity contribution >= 4 is 27.0 Å². The van der Waals surface area contributed by atoms with E-state index < -0.39 is 10.0 Å². The van der Waals surface area contributed by atoms with Gasteiger partial charge in [0.1, 0.15) is 0 Å². The molecule has 9 heteroatoms. The first-order valence-corrected chi connectivity index (χ1v) is 11.0. The van der Waals surface area contributed by atoms with Crippen molar-refractivity contribution in [3.8, 4) is 10.8 Å². The van der Waals surface area contributed by atoms with Crippen LogP contribution in [0.15, 0.2) is 57.4 Å². The molecule has 0 aliphatic carbocycles. The Balaban J connectivity index is 1.34. The number of nitrogens with zero attached hydrogens (tertiary/aromatic N) is 3. The molecule has 1 aromatic carbocycles. The summed E-state index contributed by atoms with van der Waals surface area (Å²) in [6, 6.07) is 10.5. The number of sulfonamides is 1. The number of nitrogens with two attached hydrogens (primary N) is 1. The third kappa shape index (κ3) is 4.22. The van der Waals surface area contributed by atoms with Crippen molar-refractivity contribution in [2.24, 2.45) is 5.14 Å². The average Bonchev–Trinajstić information content (AvgIpc) is 3.33. The zero-order valence-electron chi connectivity index (χ0n) is 14.6. The topological polar surface area (TPSA) is 92.7 Å². The molecule has 0 unspecified atom stereocenters. The van der Waals surface area contributed by atoms with E-state index >= 15 is 0 Å². The number of aromatic nitrogens is 1. The lowest BCUT2D eigenvalue weighted by Crippen LogP contribution is -2.46. The van der Waals surface area contributed by atoms with Gasteiger partial charge in [-0.1, -0.05) is 0 Å². The average molecular weight is 405 g/mol.